The van der Waals surface area contributed by atoms with E-state index in [-0.39, 0.29) is 35.6 Å². The van der Waals surface area contributed by atoms with Crippen molar-refractivity contribution in [3.05, 3.63) is 82.5 Å². The van der Waals surface area contributed by atoms with E-state index in [0.717, 1.165) is 55.3 Å². The number of nitrogens with zero attached hydrogens (tertiary/aromatic N) is 6. The van der Waals surface area contributed by atoms with Gasteiger partial charge in [-0.05, 0) is 56.0 Å². The predicted molar refractivity (Wildman–Crippen MR) is 181 cm³/mol. The van der Waals surface area contributed by atoms with Gasteiger partial charge in [0, 0.05) is 62.1 Å². The minimum absolute atomic E-state index is 0.0467. The summed E-state index contributed by atoms with van der Waals surface area (Å²) in [5.41, 5.74) is -0.812. The second-order valence-electron chi connectivity index (χ2n) is 14.0. The Morgan fingerprint density at radius 3 is 2.45 bits per heavy atom. The zero-order valence-corrected chi connectivity index (χ0v) is 28.1. The van der Waals surface area contributed by atoms with Crippen LogP contribution in [-0.4, -0.2) is 87.4 Å². The third kappa shape index (κ3) is 5.89. The monoisotopic (exact) mass is 724 g/mol. The number of alkyl halides is 3. The van der Waals surface area contributed by atoms with Crippen LogP contribution >= 0.6 is 0 Å². The molecule has 5 amide bonds. The first-order valence-corrected chi connectivity index (χ1v) is 17.2. The molecular weight excluding hydrogens is 693 g/mol. The first-order valence-electron chi connectivity index (χ1n) is 17.2. The SMILES string of the molecule is [C-]#[N+]c1ccc(NC(=O)C2(n3cc(C#CC4CN(C5CN(c6ccc7c(c6)C(=O)N(C6CCC(=O)NC6=O)C7=O)C5)C4)cn3)CCC2)cc1C(F)(F)F. The van der Waals surface area contributed by atoms with Gasteiger partial charge in [-0.25, -0.2) is 4.85 Å². The number of rotatable bonds is 6. The maximum absolute atomic E-state index is 13.5. The molecule has 270 valence electrons. The van der Waals surface area contributed by atoms with Gasteiger partial charge in [0.2, 0.25) is 11.8 Å². The van der Waals surface area contributed by atoms with E-state index in [1.54, 1.807) is 35.3 Å². The van der Waals surface area contributed by atoms with Gasteiger partial charge in [-0.1, -0.05) is 17.9 Å². The number of halogens is 3. The molecule has 0 spiro atoms. The Balaban J connectivity index is 0.846. The fourth-order valence-electron chi connectivity index (χ4n) is 7.52. The van der Waals surface area contributed by atoms with Crippen molar-refractivity contribution in [1.29, 1.82) is 0 Å². The lowest BCUT2D eigenvalue weighted by Gasteiger charge is -2.51. The van der Waals surface area contributed by atoms with Gasteiger partial charge in [0.05, 0.1) is 35.0 Å². The van der Waals surface area contributed by atoms with E-state index in [0.29, 0.717) is 24.4 Å². The van der Waals surface area contributed by atoms with Crippen molar-refractivity contribution in [2.45, 2.75) is 55.9 Å². The Hall–Kier alpha value is -6.00. The van der Waals surface area contributed by atoms with E-state index in [1.807, 2.05) is 0 Å². The van der Waals surface area contributed by atoms with Gasteiger partial charge >= 0.3 is 6.18 Å². The molecule has 1 aliphatic carbocycles. The number of benzene rings is 2. The highest BCUT2D eigenvalue weighted by molar-refractivity contribution is 6.23. The molecule has 3 aromatic rings. The van der Waals surface area contributed by atoms with E-state index in [4.69, 9.17) is 6.57 Å². The molecule has 2 aromatic carbocycles. The molecule has 16 heteroatoms. The molecule has 5 heterocycles. The molecule has 0 radical (unpaired) electrons. The van der Waals surface area contributed by atoms with Crippen molar-refractivity contribution in [2.75, 3.05) is 36.4 Å². The number of likely N-dealkylation sites (tertiary alicyclic amines) is 1. The Morgan fingerprint density at radius 2 is 1.77 bits per heavy atom. The van der Waals surface area contributed by atoms with Gasteiger partial charge in [0.25, 0.3) is 17.7 Å². The third-order valence-electron chi connectivity index (χ3n) is 10.8. The fraction of sp³-hybridized carbons (Fsp3) is 0.378. The largest absolute Gasteiger partial charge is 0.407 e. The first kappa shape index (κ1) is 34.1. The summed E-state index contributed by atoms with van der Waals surface area (Å²) in [5.74, 6) is 3.94. The number of amides is 5. The summed E-state index contributed by atoms with van der Waals surface area (Å²) in [7, 11) is 0. The highest BCUT2D eigenvalue weighted by Gasteiger charge is 2.48. The maximum atomic E-state index is 13.5. The van der Waals surface area contributed by atoms with Crippen molar-refractivity contribution in [2.24, 2.45) is 5.92 Å². The Labute approximate surface area is 300 Å². The first-order chi connectivity index (χ1) is 25.3. The lowest BCUT2D eigenvalue weighted by atomic mass is 9.76. The summed E-state index contributed by atoms with van der Waals surface area (Å²) in [6, 6.07) is 7.50. The molecule has 4 fully saturated rings. The van der Waals surface area contributed by atoms with Crippen molar-refractivity contribution in [1.82, 2.24) is 24.9 Å². The highest BCUT2D eigenvalue weighted by atomic mass is 19.4. The molecule has 5 aliphatic rings. The molecule has 3 saturated heterocycles. The molecule has 4 aliphatic heterocycles. The number of fused-ring (bicyclic) bond motifs is 1. The second kappa shape index (κ2) is 12.6. The molecule has 1 atom stereocenters. The summed E-state index contributed by atoms with van der Waals surface area (Å²) >= 11 is 0. The number of piperidine rings is 1. The Morgan fingerprint density at radius 1 is 1.02 bits per heavy atom. The van der Waals surface area contributed by atoms with Crippen LogP contribution in [0.3, 0.4) is 0 Å². The molecule has 13 nitrogen and oxygen atoms in total. The van der Waals surface area contributed by atoms with Crippen molar-refractivity contribution in [3.8, 4) is 11.8 Å². The number of aromatic nitrogens is 2. The van der Waals surface area contributed by atoms with Crippen LogP contribution in [0, 0.1) is 24.3 Å². The predicted octanol–water partition coefficient (Wildman–Crippen LogP) is 3.54. The number of anilines is 2. The molecule has 2 N–H and O–H groups in total. The zero-order chi connectivity index (χ0) is 37.2. The minimum atomic E-state index is -4.73. The van der Waals surface area contributed by atoms with Crippen molar-refractivity contribution in [3.63, 3.8) is 0 Å². The number of carbonyl (C=O) groups excluding carboxylic acids is 5. The average Bonchev–Trinajstić information content (AvgIpc) is 3.62. The second-order valence-corrected chi connectivity index (χ2v) is 14.0. The van der Waals surface area contributed by atoms with E-state index in [9.17, 15) is 37.1 Å². The lowest BCUT2D eigenvalue weighted by molar-refractivity contribution is -0.137. The maximum Gasteiger partial charge on any atom is 0.407 e. The molecular formula is C37H31F3N8O5. The number of hydrogen-bond acceptors (Lipinski definition) is 8. The van der Waals surface area contributed by atoms with E-state index < -0.39 is 58.5 Å². The number of imide groups is 2. The van der Waals surface area contributed by atoms with Gasteiger partial charge in [-0.3, -0.25) is 43.8 Å². The summed E-state index contributed by atoms with van der Waals surface area (Å²) in [4.78, 5) is 71.8. The van der Waals surface area contributed by atoms with Crippen LogP contribution in [0.4, 0.5) is 30.2 Å². The Kier molecular flexibility index (Phi) is 8.10. The summed E-state index contributed by atoms with van der Waals surface area (Å²) in [6.45, 7) is 10.0. The summed E-state index contributed by atoms with van der Waals surface area (Å²) < 4.78 is 41.9. The number of nitrogens with one attached hydrogen (secondary N) is 2. The standard InChI is InChI=1S/C37H31F3N8O5/c1-41-29-8-5-23(13-28(29)37(38,39)40)43-35(53)36(11-2-12-36)47-18-21(15-42-47)3-4-22-16-45(17-22)25-19-46(20-25)24-6-7-26-27(14-24)34(52)48(33(26)51)30-9-10-31(49)44-32(30)50/h5-8,13-15,18,22,25,30H,2,9-12,16-17,19-20H2,(H,43,53)(H,44,49,50). The minimum Gasteiger partial charge on any atom is -0.368 e. The van der Waals surface area contributed by atoms with Crippen LogP contribution in [-0.2, 0) is 26.1 Å². The zero-order valence-electron chi connectivity index (χ0n) is 28.1. The molecule has 53 heavy (non-hydrogen) atoms. The van der Waals surface area contributed by atoms with Crippen LogP contribution in [0.2, 0.25) is 0 Å². The smallest absolute Gasteiger partial charge is 0.368 e. The number of hydrogen-bond donors (Lipinski definition) is 2. The van der Waals surface area contributed by atoms with Crippen molar-refractivity contribution < 1.29 is 37.1 Å². The number of carbonyl (C=O) groups is 5. The normalized spacial score (nSPS) is 21.4. The quantitative estimate of drug-likeness (QED) is 0.224. The van der Waals surface area contributed by atoms with Gasteiger partial charge in [0.1, 0.15) is 11.6 Å². The van der Waals surface area contributed by atoms with Gasteiger partial charge in [0.15, 0.2) is 5.69 Å². The van der Waals surface area contributed by atoms with Crippen LogP contribution in [0.5, 0.6) is 0 Å². The molecule has 0 bridgehead atoms. The van der Waals surface area contributed by atoms with Crippen LogP contribution < -0.4 is 15.5 Å². The van der Waals surface area contributed by atoms with Gasteiger partial charge in [-0.15, -0.1) is 0 Å². The summed E-state index contributed by atoms with van der Waals surface area (Å²) in [5, 5.41) is 9.19. The molecule has 1 aromatic heterocycles. The topological polar surface area (TPSA) is 141 Å². The Bertz CT molecular complexity index is 2200. The van der Waals surface area contributed by atoms with Crippen molar-refractivity contribution >= 4 is 46.6 Å². The van der Waals surface area contributed by atoms with Gasteiger partial charge in [-0.2, -0.15) is 18.3 Å². The summed E-state index contributed by atoms with van der Waals surface area (Å²) in [6.07, 6.45) is 0.380. The van der Waals surface area contributed by atoms with Crippen LogP contribution in [0.15, 0.2) is 48.8 Å². The van der Waals surface area contributed by atoms with Crippen LogP contribution in [0.1, 0.15) is 63.9 Å². The molecule has 1 saturated carbocycles. The third-order valence-corrected chi connectivity index (χ3v) is 10.8. The lowest BCUT2D eigenvalue weighted by Crippen LogP contribution is -2.65. The van der Waals surface area contributed by atoms with E-state index in [1.165, 1.54) is 6.07 Å². The van der Waals surface area contributed by atoms with Gasteiger partial charge < -0.3 is 10.2 Å². The van der Waals surface area contributed by atoms with E-state index in [2.05, 4.69) is 42.2 Å². The van der Waals surface area contributed by atoms with E-state index >= 15 is 0 Å². The highest BCUT2D eigenvalue weighted by Crippen LogP contribution is 2.42. The average molecular weight is 725 g/mol. The molecule has 1 unspecified atom stereocenters. The molecule has 8 rings (SSSR count). The van der Waals surface area contributed by atoms with Crippen LogP contribution in [0.25, 0.3) is 4.85 Å². The fourth-order valence-corrected chi connectivity index (χ4v) is 7.52.